The molecule has 0 saturated carbocycles. The van der Waals surface area contributed by atoms with Crippen molar-refractivity contribution < 1.29 is 0 Å². The van der Waals surface area contributed by atoms with Crippen LogP contribution >= 0.6 is 0 Å². The van der Waals surface area contributed by atoms with Gasteiger partial charge in [0.05, 0.1) is 5.52 Å². The van der Waals surface area contributed by atoms with E-state index in [9.17, 15) is 0 Å². The molecule has 1 aromatic carbocycles. The van der Waals surface area contributed by atoms with Crippen molar-refractivity contribution in [3.63, 3.8) is 0 Å². The predicted octanol–water partition coefficient (Wildman–Crippen LogP) is 3.88. The van der Waals surface area contributed by atoms with E-state index in [1.807, 2.05) is 20.0 Å². The Balaban J connectivity index is 0.000000461. The average molecular weight is 187 g/mol. The number of benzene rings is 1. The molecule has 2 aromatic rings. The molecule has 1 heterocycles. The summed E-state index contributed by atoms with van der Waals surface area (Å²) in [5, 5.41) is 1.23. The van der Waals surface area contributed by atoms with Crippen molar-refractivity contribution in [1.29, 1.82) is 0 Å². The molecule has 0 atom stereocenters. The zero-order chi connectivity index (χ0) is 10.6. The zero-order valence-corrected chi connectivity index (χ0v) is 9.33. The third-order valence-corrected chi connectivity index (χ3v) is 2.05. The average Bonchev–Trinajstić information content (AvgIpc) is 2.21. The minimum absolute atomic E-state index is 1.11. The van der Waals surface area contributed by atoms with Gasteiger partial charge in [0.1, 0.15) is 0 Å². The molecule has 1 aromatic heterocycles. The van der Waals surface area contributed by atoms with Crippen molar-refractivity contribution in [3.05, 3.63) is 41.6 Å². The second-order valence-corrected chi connectivity index (χ2v) is 3.16. The van der Waals surface area contributed by atoms with Crippen LogP contribution in [0.2, 0.25) is 0 Å². The van der Waals surface area contributed by atoms with Crippen LogP contribution in [-0.4, -0.2) is 4.98 Å². The van der Waals surface area contributed by atoms with Gasteiger partial charge in [-0.3, -0.25) is 4.98 Å². The van der Waals surface area contributed by atoms with Crippen molar-refractivity contribution in [2.45, 2.75) is 27.7 Å². The Morgan fingerprint density at radius 3 is 2.50 bits per heavy atom. The highest BCUT2D eigenvalue weighted by atomic mass is 14.7. The SMILES string of the molecule is CC.Cc1cnc2c(C)cccc2c1. The number of fused-ring (bicyclic) bond motifs is 1. The normalized spacial score (nSPS) is 9.43. The summed E-state index contributed by atoms with van der Waals surface area (Å²) < 4.78 is 0. The van der Waals surface area contributed by atoms with Gasteiger partial charge in [-0.25, -0.2) is 0 Å². The fourth-order valence-corrected chi connectivity index (χ4v) is 1.42. The van der Waals surface area contributed by atoms with Gasteiger partial charge in [-0.1, -0.05) is 32.0 Å². The summed E-state index contributed by atoms with van der Waals surface area (Å²) in [7, 11) is 0. The molecule has 14 heavy (non-hydrogen) atoms. The van der Waals surface area contributed by atoms with Gasteiger partial charge in [0.25, 0.3) is 0 Å². The van der Waals surface area contributed by atoms with E-state index < -0.39 is 0 Å². The van der Waals surface area contributed by atoms with E-state index in [0.29, 0.717) is 0 Å². The molecule has 74 valence electrons. The Hall–Kier alpha value is -1.37. The first-order chi connectivity index (χ1) is 6.77. The van der Waals surface area contributed by atoms with E-state index >= 15 is 0 Å². The van der Waals surface area contributed by atoms with E-state index in [4.69, 9.17) is 0 Å². The summed E-state index contributed by atoms with van der Waals surface area (Å²) >= 11 is 0. The molecule has 0 aliphatic rings. The van der Waals surface area contributed by atoms with Gasteiger partial charge in [-0.2, -0.15) is 0 Å². The molecule has 0 aliphatic carbocycles. The first-order valence-corrected chi connectivity index (χ1v) is 5.09. The Morgan fingerprint density at radius 2 is 1.79 bits per heavy atom. The Bertz CT molecular complexity index is 419. The molecule has 0 fully saturated rings. The van der Waals surface area contributed by atoms with Crippen LogP contribution in [0.4, 0.5) is 0 Å². The molecule has 2 rings (SSSR count). The Morgan fingerprint density at radius 1 is 1.07 bits per heavy atom. The Kier molecular flexibility index (Phi) is 3.63. The molecular formula is C13H17N. The number of pyridine rings is 1. The molecule has 0 radical (unpaired) electrons. The third kappa shape index (κ3) is 2.11. The van der Waals surface area contributed by atoms with Gasteiger partial charge >= 0.3 is 0 Å². The lowest BCUT2D eigenvalue weighted by molar-refractivity contribution is 1.31. The fourth-order valence-electron chi connectivity index (χ4n) is 1.42. The molecule has 0 spiro atoms. The molecule has 0 saturated heterocycles. The summed E-state index contributed by atoms with van der Waals surface area (Å²) in [4.78, 5) is 4.38. The summed E-state index contributed by atoms with van der Waals surface area (Å²) in [6.45, 7) is 8.15. The number of aryl methyl sites for hydroxylation is 2. The van der Waals surface area contributed by atoms with E-state index in [0.717, 1.165) is 5.52 Å². The molecule has 0 bridgehead atoms. The van der Waals surface area contributed by atoms with Crippen LogP contribution < -0.4 is 0 Å². The topological polar surface area (TPSA) is 12.9 Å². The molecule has 1 nitrogen and oxygen atoms in total. The molecular weight excluding hydrogens is 170 g/mol. The standard InChI is InChI=1S/C11H11N.C2H6/c1-8-6-10-5-3-4-9(2)11(10)12-7-8;1-2/h3-7H,1-2H3;1-2H3. The number of para-hydroxylation sites is 1. The lowest BCUT2D eigenvalue weighted by atomic mass is 10.1. The second kappa shape index (κ2) is 4.75. The van der Waals surface area contributed by atoms with Gasteiger partial charge in [-0.15, -0.1) is 0 Å². The monoisotopic (exact) mass is 187 g/mol. The van der Waals surface area contributed by atoms with Crippen LogP contribution in [0.15, 0.2) is 30.5 Å². The van der Waals surface area contributed by atoms with Crippen molar-refractivity contribution in [3.8, 4) is 0 Å². The number of hydrogen-bond acceptors (Lipinski definition) is 1. The van der Waals surface area contributed by atoms with Crippen LogP contribution in [0.3, 0.4) is 0 Å². The quantitative estimate of drug-likeness (QED) is 0.610. The molecule has 0 aliphatic heterocycles. The second-order valence-electron chi connectivity index (χ2n) is 3.16. The lowest BCUT2D eigenvalue weighted by Gasteiger charge is -2.00. The first kappa shape index (κ1) is 10.7. The maximum absolute atomic E-state index is 4.38. The summed E-state index contributed by atoms with van der Waals surface area (Å²) in [5.74, 6) is 0. The smallest absolute Gasteiger partial charge is 0.0731 e. The number of aromatic nitrogens is 1. The highest BCUT2D eigenvalue weighted by Gasteiger charge is 1.96. The minimum atomic E-state index is 1.11. The van der Waals surface area contributed by atoms with Crippen LogP contribution in [0.25, 0.3) is 10.9 Å². The van der Waals surface area contributed by atoms with Crippen LogP contribution in [0.5, 0.6) is 0 Å². The van der Waals surface area contributed by atoms with Gasteiger partial charge in [0.15, 0.2) is 0 Å². The van der Waals surface area contributed by atoms with Crippen LogP contribution in [-0.2, 0) is 0 Å². The fraction of sp³-hybridized carbons (Fsp3) is 0.308. The summed E-state index contributed by atoms with van der Waals surface area (Å²) in [6.07, 6.45) is 1.91. The minimum Gasteiger partial charge on any atom is -0.256 e. The maximum atomic E-state index is 4.38. The predicted molar refractivity (Wildman–Crippen MR) is 62.6 cm³/mol. The summed E-state index contributed by atoms with van der Waals surface area (Å²) in [6, 6.07) is 8.42. The van der Waals surface area contributed by atoms with Crippen molar-refractivity contribution in [2.75, 3.05) is 0 Å². The van der Waals surface area contributed by atoms with Crippen LogP contribution in [0, 0.1) is 13.8 Å². The van der Waals surface area contributed by atoms with E-state index in [1.165, 1.54) is 16.5 Å². The maximum Gasteiger partial charge on any atom is 0.0731 e. The van der Waals surface area contributed by atoms with E-state index in [-0.39, 0.29) is 0 Å². The van der Waals surface area contributed by atoms with E-state index in [2.05, 4.69) is 43.1 Å². The number of rotatable bonds is 0. The molecule has 0 N–H and O–H groups in total. The van der Waals surface area contributed by atoms with Gasteiger partial charge in [-0.05, 0) is 31.0 Å². The van der Waals surface area contributed by atoms with Gasteiger partial charge < -0.3 is 0 Å². The van der Waals surface area contributed by atoms with Gasteiger partial charge in [0.2, 0.25) is 0 Å². The Labute approximate surface area is 85.8 Å². The number of hydrogen-bond donors (Lipinski definition) is 0. The van der Waals surface area contributed by atoms with Crippen molar-refractivity contribution in [1.82, 2.24) is 4.98 Å². The van der Waals surface area contributed by atoms with Crippen molar-refractivity contribution >= 4 is 10.9 Å². The number of nitrogens with zero attached hydrogens (tertiary/aromatic N) is 1. The highest BCUT2D eigenvalue weighted by Crippen LogP contribution is 2.15. The molecule has 1 heteroatoms. The largest absolute Gasteiger partial charge is 0.256 e. The lowest BCUT2D eigenvalue weighted by Crippen LogP contribution is -1.83. The zero-order valence-electron chi connectivity index (χ0n) is 9.33. The van der Waals surface area contributed by atoms with E-state index in [1.54, 1.807) is 0 Å². The molecule has 0 amide bonds. The van der Waals surface area contributed by atoms with Crippen LogP contribution in [0.1, 0.15) is 25.0 Å². The third-order valence-electron chi connectivity index (χ3n) is 2.05. The summed E-state index contributed by atoms with van der Waals surface area (Å²) in [5.41, 5.74) is 3.57. The van der Waals surface area contributed by atoms with Crippen molar-refractivity contribution in [2.24, 2.45) is 0 Å². The van der Waals surface area contributed by atoms with Gasteiger partial charge in [0, 0.05) is 11.6 Å². The highest BCUT2D eigenvalue weighted by molar-refractivity contribution is 5.81. The first-order valence-electron chi connectivity index (χ1n) is 5.09. The molecule has 0 unspecified atom stereocenters.